The number of rotatable bonds is 3. The van der Waals surface area contributed by atoms with Gasteiger partial charge in [-0.15, -0.1) is 0 Å². The summed E-state index contributed by atoms with van der Waals surface area (Å²) >= 11 is 0. The van der Waals surface area contributed by atoms with E-state index in [4.69, 9.17) is 5.73 Å². The van der Waals surface area contributed by atoms with Crippen molar-refractivity contribution >= 4 is 5.69 Å². The normalized spacial score (nSPS) is 12.8. The molecule has 13 heavy (non-hydrogen) atoms. The second kappa shape index (κ2) is 4.28. The van der Waals surface area contributed by atoms with Crippen LogP contribution in [0.3, 0.4) is 0 Å². The third-order valence-corrected chi connectivity index (χ3v) is 2.30. The highest BCUT2D eigenvalue weighted by Crippen LogP contribution is 2.15. The van der Waals surface area contributed by atoms with Gasteiger partial charge in [0.05, 0.1) is 6.10 Å². The molecule has 0 saturated carbocycles. The smallest absolute Gasteiger partial charge is 0.0578 e. The van der Waals surface area contributed by atoms with Crippen LogP contribution in [0.1, 0.15) is 24.5 Å². The van der Waals surface area contributed by atoms with Gasteiger partial charge in [0, 0.05) is 5.69 Å². The van der Waals surface area contributed by atoms with Crippen molar-refractivity contribution in [3.63, 3.8) is 0 Å². The van der Waals surface area contributed by atoms with Crippen LogP contribution in [0.2, 0.25) is 0 Å². The Balaban J connectivity index is 2.81. The number of hydrogen-bond donors (Lipinski definition) is 2. The first-order valence-corrected chi connectivity index (χ1v) is 4.66. The summed E-state index contributed by atoms with van der Waals surface area (Å²) in [7, 11) is 0. The quantitative estimate of drug-likeness (QED) is 0.696. The van der Waals surface area contributed by atoms with E-state index in [2.05, 4.69) is 0 Å². The minimum absolute atomic E-state index is 0.250. The van der Waals surface area contributed by atoms with E-state index in [1.165, 1.54) is 5.56 Å². The largest absolute Gasteiger partial charge is 0.399 e. The molecule has 1 aromatic rings. The van der Waals surface area contributed by atoms with Gasteiger partial charge in [-0.1, -0.05) is 13.0 Å². The summed E-state index contributed by atoms with van der Waals surface area (Å²) in [6, 6.07) is 5.82. The summed E-state index contributed by atoms with van der Waals surface area (Å²) in [4.78, 5) is 0. The minimum atomic E-state index is -0.250. The van der Waals surface area contributed by atoms with Crippen LogP contribution >= 0.6 is 0 Å². The van der Waals surface area contributed by atoms with E-state index in [1.807, 2.05) is 32.0 Å². The second-order valence-corrected chi connectivity index (χ2v) is 3.45. The topological polar surface area (TPSA) is 46.2 Å². The van der Waals surface area contributed by atoms with Crippen molar-refractivity contribution in [1.82, 2.24) is 0 Å². The Morgan fingerprint density at radius 1 is 1.46 bits per heavy atom. The Kier molecular flexibility index (Phi) is 3.32. The molecule has 0 aliphatic heterocycles. The lowest BCUT2D eigenvalue weighted by atomic mass is 10.0. The Hall–Kier alpha value is -1.02. The van der Waals surface area contributed by atoms with Gasteiger partial charge in [0.15, 0.2) is 0 Å². The zero-order valence-electron chi connectivity index (χ0n) is 8.25. The molecule has 1 aromatic carbocycles. The molecule has 0 fully saturated rings. The number of hydrogen-bond acceptors (Lipinski definition) is 2. The Morgan fingerprint density at radius 3 is 2.77 bits per heavy atom. The molecule has 0 aliphatic rings. The molecule has 0 spiro atoms. The number of benzene rings is 1. The maximum absolute atomic E-state index is 9.49. The molecule has 0 saturated heterocycles. The SMILES string of the molecule is CCC(O)Cc1cc(N)ccc1C. The van der Waals surface area contributed by atoms with Crippen molar-refractivity contribution in [3.8, 4) is 0 Å². The summed E-state index contributed by atoms with van der Waals surface area (Å²) in [5.74, 6) is 0. The summed E-state index contributed by atoms with van der Waals surface area (Å²) in [5.41, 5.74) is 8.77. The Labute approximate surface area is 79.4 Å². The third-order valence-electron chi connectivity index (χ3n) is 2.30. The first kappa shape index (κ1) is 10.1. The van der Waals surface area contributed by atoms with Crippen molar-refractivity contribution < 1.29 is 5.11 Å². The van der Waals surface area contributed by atoms with Crippen molar-refractivity contribution in [3.05, 3.63) is 29.3 Å². The molecule has 0 radical (unpaired) electrons. The monoisotopic (exact) mass is 179 g/mol. The summed E-state index contributed by atoms with van der Waals surface area (Å²) in [6.45, 7) is 4.02. The van der Waals surface area contributed by atoms with Gasteiger partial charge in [0.25, 0.3) is 0 Å². The van der Waals surface area contributed by atoms with E-state index < -0.39 is 0 Å². The molecule has 72 valence electrons. The lowest BCUT2D eigenvalue weighted by Gasteiger charge is -2.10. The molecule has 2 heteroatoms. The number of anilines is 1. The lowest BCUT2D eigenvalue weighted by molar-refractivity contribution is 0.170. The van der Waals surface area contributed by atoms with Crippen LogP contribution in [0, 0.1) is 6.92 Å². The number of nitrogen functional groups attached to an aromatic ring is 1. The fourth-order valence-electron chi connectivity index (χ4n) is 1.31. The van der Waals surface area contributed by atoms with Gasteiger partial charge in [-0.3, -0.25) is 0 Å². The number of nitrogens with two attached hydrogens (primary N) is 1. The zero-order valence-corrected chi connectivity index (χ0v) is 8.25. The molecule has 1 rings (SSSR count). The second-order valence-electron chi connectivity index (χ2n) is 3.45. The van der Waals surface area contributed by atoms with Crippen LogP contribution in [-0.4, -0.2) is 11.2 Å². The molecular formula is C11H17NO. The molecule has 3 N–H and O–H groups in total. The summed E-state index contributed by atoms with van der Waals surface area (Å²) in [6.07, 6.45) is 1.24. The van der Waals surface area contributed by atoms with E-state index in [0.29, 0.717) is 6.42 Å². The zero-order chi connectivity index (χ0) is 9.84. The first-order chi connectivity index (χ1) is 6.13. The highest BCUT2D eigenvalue weighted by molar-refractivity contribution is 5.44. The minimum Gasteiger partial charge on any atom is -0.399 e. The predicted molar refractivity (Wildman–Crippen MR) is 55.6 cm³/mol. The van der Waals surface area contributed by atoms with Crippen molar-refractivity contribution in [1.29, 1.82) is 0 Å². The standard InChI is InChI=1S/C11H17NO/c1-3-11(13)7-9-6-10(12)5-4-8(9)2/h4-6,11,13H,3,7,12H2,1-2H3. The maximum Gasteiger partial charge on any atom is 0.0578 e. The average molecular weight is 179 g/mol. The third kappa shape index (κ3) is 2.74. The fraction of sp³-hybridized carbons (Fsp3) is 0.455. The maximum atomic E-state index is 9.49. The predicted octanol–water partition coefficient (Wildman–Crippen LogP) is 1.89. The average Bonchev–Trinajstić information content (AvgIpc) is 2.11. The molecule has 1 unspecified atom stereocenters. The van der Waals surface area contributed by atoms with Crippen LogP contribution in [0.25, 0.3) is 0 Å². The van der Waals surface area contributed by atoms with E-state index in [-0.39, 0.29) is 6.10 Å². The van der Waals surface area contributed by atoms with E-state index >= 15 is 0 Å². The molecule has 0 aromatic heterocycles. The Morgan fingerprint density at radius 2 is 2.15 bits per heavy atom. The van der Waals surface area contributed by atoms with Gasteiger partial charge >= 0.3 is 0 Å². The summed E-state index contributed by atoms with van der Waals surface area (Å²) < 4.78 is 0. The highest BCUT2D eigenvalue weighted by Gasteiger charge is 2.05. The van der Waals surface area contributed by atoms with Gasteiger partial charge in [0.1, 0.15) is 0 Å². The molecule has 0 amide bonds. The van der Waals surface area contributed by atoms with Crippen LogP contribution < -0.4 is 5.73 Å². The number of aryl methyl sites for hydroxylation is 1. The van der Waals surface area contributed by atoms with Crippen molar-refractivity contribution in [2.75, 3.05) is 5.73 Å². The van der Waals surface area contributed by atoms with Crippen LogP contribution in [-0.2, 0) is 6.42 Å². The van der Waals surface area contributed by atoms with E-state index in [9.17, 15) is 5.11 Å². The summed E-state index contributed by atoms with van der Waals surface area (Å²) in [5, 5.41) is 9.49. The van der Waals surface area contributed by atoms with Crippen molar-refractivity contribution in [2.24, 2.45) is 0 Å². The molecule has 1 atom stereocenters. The number of aliphatic hydroxyl groups excluding tert-OH is 1. The van der Waals surface area contributed by atoms with E-state index in [1.54, 1.807) is 0 Å². The van der Waals surface area contributed by atoms with Crippen LogP contribution in [0.5, 0.6) is 0 Å². The molecule has 2 nitrogen and oxygen atoms in total. The van der Waals surface area contributed by atoms with Gasteiger partial charge < -0.3 is 10.8 Å². The van der Waals surface area contributed by atoms with E-state index in [0.717, 1.165) is 17.7 Å². The van der Waals surface area contributed by atoms with Gasteiger partial charge in [0.2, 0.25) is 0 Å². The Bertz CT molecular complexity index is 283. The lowest BCUT2D eigenvalue weighted by Crippen LogP contribution is -2.09. The molecule has 0 heterocycles. The fourth-order valence-corrected chi connectivity index (χ4v) is 1.31. The van der Waals surface area contributed by atoms with Crippen LogP contribution in [0.15, 0.2) is 18.2 Å². The number of aliphatic hydroxyl groups is 1. The van der Waals surface area contributed by atoms with Crippen LogP contribution in [0.4, 0.5) is 5.69 Å². The molecule has 0 bridgehead atoms. The molecule has 0 aliphatic carbocycles. The van der Waals surface area contributed by atoms with Gasteiger partial charge in [-0.05, 0) is 43.0 Å². The first-order valence-electron chi connectivity index (χ1n) is 4.66. The van der Waals surface area contributed by atoms with Crippen molar-refractivity contribution in [2.45, 2.75) is 32.8 Å². The highest BCUT2D eigenvalue weighted by atomic mass is 16.3. The molecular weight excluding hydrogens is 162 g/mol. The van der Waals surface area contributed by atoms with Gasteiger partial charge in [-0.2, -0.15) is 0 Å². The van der Waals surface area contributed by atoms with Gasteiger partial charge in [-0.25, -0.2) is 0 Å².